The van der Waals surface area contributed by atoms with Crippen molar-refractivity contribution in [1.82, 2.24) is 10.2 Å². The first-order valence-electron chi connectivity index (χ1n) is 7.97. The van der Waals surface area contributed by atoms with Gasteiger partial charge in [-0.05, 0) is 25.5 Å². The summed E-state index contributed by atoms with van der Waals surface area (Å²) in [5.41, 5.74) is -0.464. The van der Waals surface area contributed by atoms with Crippen molar-refractivity contribution in [1.29, 1.82) is 0 Å². The number of thioether (sulfide) groups is 1. The van der Waals surface area contributed by atoms with Crippen molar-refractivity contribution in [2.24, 2.45) is 5.41 Å². The Hall–Kier alpha value is -0.710. The van der Waals surface area contributed by atoms with Crippen LogP contribution in [0.25, 0.3) is 0 Å². The van der Waals surface area contributed by atoms with E-state index in [1.54, 1.807) is 6.92 Å². The second-order valence-electron chi connectivity index (χ2n) is 6.80. The summed E-state index contributed by atoms with van der Waals surface area (Å²) in [4.78, 5) is 26.5. The van der Waals surface area contributed by atoms with Crippen LogP contribution in [0.5, 0.6) is 0 Å². The second kappa shape index (κ2) is 8.06. The monoisotopic (exact) mass is 314 g/mol. The van der Waals surface area contributed by atoms with Gasteiger partial charge in [0.15, 0.2) is 0 Å². The zero-order chi connectivity index (χ0) is 16.0. The van der Waals surface area contributed by atoms with E-state index in [9.17, 15) is 9.59 Å². The molecular formula is C16H30N2O2S. The molecule has 1 heterocycles. The molecule has 1 aliphatic heterocycles. The molecular weight excluding hydrogens is 284 g/mol. The number of nitrogens with one attached hydrogen (secondary N) is 1. The zero-order valence-electron chi connectivity index (χ0n) is 14.1. The largest absolute Gasteiger partial charge is 0.344 e. The minimum absolute atomic E-state index is 0.0520. The number of carbonyl (C=O) groups excluding carboxylic acids is 2. The van der Waals surface area contributed by atoms with E-state index in [4.69, 9.17) is 0 Å². The molecule has 1 N–H and O–H groups in total. The van der Waals surface area contributed by atoms with Crippen LogP contribution >= 0.6 is 11.8 Å². The van der Waals surface area contributed by atoms with E-state index < -0.39 is 11.5 Å². The van der Waals surface area contributed by atoms with Crippen LogP contribution in [0.15, 0.2) is 0 Å². The van der Waals surface area contributed by atoms with Gasteiger partial charge in [0, 0.05) is 23.8 Å². The van der Waals surface area contributed by atoms with Gasteiger partial charge in [-0.25, -0.2) is 0 Å². The maximum atomic E-state index is 12.6. The first-order valence-corrected chi connectivity index (χ1v) is 9.02. The Kier molecular flexibility index (Phi) is 7.04. The Balaban J connectivity index is 2.61. The molecule has 2 atom stereocenters. The van der Waals surface area contributed by atoms with E-state index in [1.165, 1.54) is 12.8 Å². The summed E-state index contributed by atoms with van der Waals surface area (Å²) in [5.74, 6) is 1.07. The Morgan fingerprint density at radius 2 is 2.00 bits per heavy atom. The van der Waals surface area contributed by atoms with Crippen molar-refractivity contribution < 1.29 is 9.59 Å². The Bertz CT molecular complexity index is 366. The van der Waals surface area contributed by atoms with Crippen LogP contribution in [0.2, 0.25) is 0 Å². The van der Waals surface area contributed by atoms with E-state index in [2.05, 4.69) is 12.2 Å². The first kappa shape index (κ1) is 18.3. The van der Waals surface area contributed by atoms with Gasteiger partial charge in [-0.15, -0.1) is 0 Å². The van der Waals surface area contributed by atoms with Crippen molar-refractivity contribution >= 4 is 23.6 Å². The molecule has 0 aromatic rings. The van der Waals surface area contributed by atoms with Gasteiger partial charge in [-0.3, -0.25) is 9.59 Å². The Morgan fingerprint density at radius 3 is 2.57 bits per heavy atom. The number of hydrogen-bond donors (Lipinski definition) is 1. The van der Waals surface area contributed by atoms with Crippen molar-refractivity contribution in [3.8, 4) is 0 Å². The normalized spacial score (nSPS) is 21.6. The van der Waals surface area contributed by atoms with E-state index in [0.29, 0.717) is 5.25 Å². The molecule has 0 unspecified atom stereocenters. The topological polar surface area (TPSA) is 49.4 Å². The summed E-state index contributed by atoms with van der Waals surface area (Å²) >= 11 is 1.94. The van der Waals surface area contributed by atoms with Crippen LogP contribution in [0.4, 0.5) is 0 Å². The maximum Gasteiger partial charge on any atom is 0.244 e. The maximum absolute atomic E-state index is 12.6. The van der Waals surface area contributed by atoms with Gasteiger partial charge in [0.25, 0.3) is 0 Å². The molecule has 1 fully saturated rings. The molecule has 0 aromatic heterocycles. The van der Waals surface area contributed by atoms with Crippen LogP contribution in [0.3, 0.4) is 0 Å². The molecule has 21 heavy (non-hydrogen) atoms. The molecule has 2 amide bonds. The average Bonchev–Trinajstić information content (AvgIpc) is 2.62. The minimum Gasteiger partial charge on any atom is -0.344 e. The summed E-state index contributed by atoms with van der Waals surface area (Å²) in [6.45, 7) is 11.2. The third-order valence-electron chi connectivity index (χ3n) is 3.74. The molecule has 1 saturated heterocycles. The second-order valence-corrected chi connectivity index (χ2v) is 8.38. The zero-order valence-corrected chi connectivity index (χ0v) is 14.9. The van der Waals surface area contributed by atoms with Gasteiger partial charge in [0.1, 0.15) is 6.04 Å². The predicted molar refractivity (Wildman–Crippen MR) is 89.4 cm³/mol. The van der Waals surface area contributed by atoms with E-state index >= 15 is 0 Å². The Morgan fingerprint density at radius 1 is 1.33 bits per heavy atom. The summed E-state index contributed by atoms with van der Waals surface area (Å²) in [5, 5.41) is 3.38. The molecule has 0 aromatic carbocycles. The lowest BCUT2D eigenvalue weighted by atomic mass is 9.95. The molecule has 122 valence electrons. The lowest BCUT2D eigenvalue weighted by Crippen LogP contribution is -2.50. The van der Waals surface area contributed by atoms with E-state index in [1.807, 2.05) is 37.4 Å². The SMILES string of the molecule is CCS[C@@H]1CCCCN(C(=O)[C@@H](C)NC(=O)C(C)(C)C)C1. The number of likely N-dealkylation sites (tertiary alicyclic amines) is 1. The molecule has 4 nitrogen and oxygen atoms in total. The highest BCUT2D eigenvalue weighted by atomic mass is 32.2. The average molecular weight is 314 g/mol. The predicted octanol–water partition coefficient (Wildman–Crippen LogP) is 2.67. The third-order valence-corrected chi connectivity index (χ3v) is 4.93. The molecule has 1 rings (SSSR count). The van der Waals surface area contributed by atoms with Gasteiger partial charge in [-0.2, -0.15) is 11.8 Å². The molecule has 0 aliphatic carbocycles. The van der Waals surface area contributed by atoms with Crippen LogP contribution in [0, 0.1) is 5.41 Å². The molecule has 1 aliphatic rings. The van der Waals surface area contributed by atoms with Crippen molar-refractivity contribution in [3.05, 3.63) is 0 Å². The number of nitrogens with zero attached hydrogens (tertiary/aromatic N) is 1. The lowest BCUT2D eigenvalue weighted by Gasteiger charge is -2.28. The highest BCUT2D eigenvalue weighted by Gasteiger charge is 2.29. The van der Waals surface area contributed by atoms with Crippen LogP contribution in [0.1, 0.15) is 53.9 Å². The lowest BCUT2D eigenvalue weighted by molar-refractivity contribution is -0.138. The van der Waals surface area contributed by atoms with E-state index in [-0.39, 0.29) is 11.8 Å². The third kappa shape index (κ3) is 5.89. The van der Waals surface area contributed by atoms with Gasteiger partial charge in [-0.1, -0.05) is 34.1 Å². The van der Waals surface area contributed by atoms with Crippen LogP contribution in [-0.2, 0) is 9.59 Å². The molecule has 0 saturated carbocycles. The number of amides is 2. The number of hydrogen-bond acceptors (Lipinski definition) is 3. The summed E-state index contributed by atoms with van der Waals surface area (Å²) in [6, 6.07) is -0.442. The summed E-state index contributed by atoms with van der Waals surface area (Å²) in [7, 11) is 0. The fourth-order valence-corrected chi connectivity index (χ4v) is 3.51. The smallest absolute Gasteiger partial charge is 0.244 e. The first-order chi connectivity index (χ1) is 9.75. The van der Waals surface area contributed by atoms with Crippen LogP contribution < -0.4 is 5.32 Å². The van der Waals surface area contributed by atoms with Crippen molar-refractivity contribution in [3.63, 3.8) is 0 Å². The highest BCUT2D eigenvalue weighted by Crippen LogP contribution is 2.22. The summed E-state index contributed by atoms with van der Waals surface area (Å²) < 4.78 is 0. The van der Waals surface area contributed by atoms with Crippen molar-refractivity contribution in [2.45, 2.75) is 65.2 Å². The van der Waals surface area contributed by atoms with Gasteiger partial charge in [0.05, 0.1) is 0 Å². The minimum atomic E-state index is -0.464. The van der Waals surface area contributed by atoms with Gasteiger partial charge >= 0.3 is 0 Å². The van der Waals surface area contributed by atoms with Crippen molar-refractivity contribution in [2.75, 3.05) is 18.8 Å². The molecule has 5 heteroatoms. The number of rotatable bonds is 4. The summed E-state index contributed by atoms with van der Waals surface area (Å²) in [6.07, 6.45) is 3.43. The molecule has 0 spiro atoms. The van der Waals surface area contributed by atoms with Crippen LogP contribution in [-0.4, -0.2) is 46.8 Å². The van der Waals surface area contributed by atoms with E-state index in [0.717, 1.165) is 25.3 Å². The fourth-order valence-electron chi connectivity index (χ4n) is 2.42. The fraction of sp³-hybridized carbons (Fsp3) is 0.875. The standard InChI is InChI=1S/C16H30N2O2S/c1-6-21-13-9-7-8-10-18(11-13)14(19)12(2)17-15(20)16(3,4)5/h12-13H,6-11H2,1-5H3,(H,17,20)/t12-,13-/m1/s1. The van der Waals surface area contributed by atoms with Gasteiger partial charge in [0.2, 0.25) is 11.8 Å². The van der Waals surface area contributed by atoms with Gasteiger partial charge < -0.3 is 10.2 Å². The number of carbonyl (C=O) groups is 2. The molecule has 0 bridgehead atoms. The highest BCUT2D eigenvalue weighted by molar-refractivity contribution is 7.99. The Labute approximate surface area is 133 Å². The quantitative estimate of drug-likeness (QED) is 0.868. The molecule has 0 radical (unpaired) electrons.